The maximum atomic E-state index is 12.9. The van der Waals surface area contributed by atoms with Gasteiger partial charge in [0, 0.05) is 30.6 Å². The van der Waals surface area contributed by atoms with Gasteiger partial charge in [0.05, 0.1) is 12.5 Å². The van der Waals surface area contributed by atoms with Crippen molar-refractivity contribution in [1.29, 1.82) is 5.26 Å². The van der Waals surface area contributed by atoms with E-state index in [1.54, 1.807) is 18.2 Å². The van der Waals surface area contributed by atoms with E-state index >= 15 is 0 Å². The van der Waals surface area contributed by atoms with Crippen LogP contribution in [0.1, 0.15) is 60.2 Å². The fourth-order valence-electron chi connectivity index (χ4n) is 4.10. The third-order valence-electron chi connectivity index (χ3n) is 6.13. The summed E-state index contributed by atoms with van der Waals surface area (Å²) in [4.78, 5) is 2.30. The molecule has 0 radical (unpaired) electrons. The largest absolute Gasteiger partial charge is 0.207 e. The molecule has 0 aliphatic heterocycles. The molecule has 2 atom stereocenters. The molecule has 2 unspecified atom stereocenters. The van der Waals surface area contributed by atoms with Gasteiger partial charge in [-0.15, -0.1) is 23.5 Å². The van der Waals surface area contributed by atoms with Gasteiger partial charge in [-0.3, -0.25) is 0 Å². The minimum atomic E-state index is -0.260. The van der Waals surface area contributed by atoms with Crippen molar-refractivity contribution in [3.63, 3.8) is 0 Å². The number of nitriles is 1. The summed E-state index contributed by atoms with van der Waals surface area (Å²) < 4.78 is 12.9. The normalized spacial score (nSPS) is 12.1. The van der Waals surface area contributed by atoms with E-state index in [0.29, 0.717) is 16.7 Å². The van der Waals surface area contributed by atoms with Crippen molar-refractivity contribution in [3.05, 3.63) is 131 Å². The molecule has 0 bridgehead atoms. The molecule has 1 nitrogen and oxygen atoms in total. The highest BCUT2D eigenvalue weighted by Crippen LogP contribution is 2.39. The van der Waals surface area contributed by atoms with Crippen molar-refractivity contribution >= 4 is 51.1 Å². The predicted molar refractivity (Wildman–Crippen MR) is 175 cm³/mol. The summed E-state index contributed by atoms with van der Waals surface area (Å²) >= 11 is 13.0. The van der Waals surface area contributed by atoms with E-state index in [1.165, 1.54) is 66.5 Å². The van der Waals surface area contributed by atoms with Crippen LogP contribution < -0.4 is 0 Å². The van der Waals surface area contributed by atoms with Crippen LogP contribution in [0, 0.1) is 17.1 Å². The second-order valence-electron chi connectivity index (χ2n) is 9.20. The number of halogens is 3. The molecule has 40 heavy (non-hydrogen) atoms. The SMILES string of the molecule is BrCCCCCCC(Sc1ccccc1)c1ccccc1.N#CCC(Sc1ccc(F)cc1)c1cccc(Cl)c1. The molecule has 0 heterocycles. The van der Waals surface area contributed by atoms with Crippen LogP contribution in [0.2, 0.25) is 5.02 Å². The van der Waals surface area contributed by atoms with E-state index in [2.05, 4.69) is 82.7 Å². The summed E-state index contributed by atoms with van der Waals surface area (Å²) in [5.74, 6) is -0.260. The smallest absolute Gasteiger partial charge is 0.123 e. The Hall–Kier alpha value is -2.23. The average Bonchev–Trinajstić information content (AvgIpc) is 2.99. The fourth-order valence-corrected chi connectivity index (χ4v) is 6.98. The van der Waals surface area contributed by atoms with Gasteiger partial charge in [0.25, 0.3) is 0 Å². The average molecular weight is 655 g/mol. The van der Waals surface area contributed by atoms with Crippen LogP contribution in [-0.2, 0) is 0 Å². The third-order valence-corrected chi connectivity index (χ3v) is 9.53. The Morgan fingerprint density at radius 2 is 1.30 bits per heavy atom. The zero-order valence-corrected chi connectivity index (χ0v) is 26.4. The highest BCUT2D eigenvalue weighted by molar-refractivity contribution is 9.09. The number of thioether (sulfide) groups is 2. The van der Waals surface area contributed by atoms with Gasteiger partial charge in [-0.2, -0.15) is 5.26 Å². The van der Waals surface area contributed by atoms with E-state index in [9.17, 15) is 4.39 Å². The van der Waals surface area contributed by atoms with Gasteiger partial charge in [0.1, 0.15) is 5.82 Å². The molecule has 0 aromatic heterocycles. The lowest BCUT2D eigenvalue weighted by Crippen LogP contribution is -1.95. The molecular formula is C34H34BrClFNS2. The first-order chi connectivity index (χ1) is 19.6. The number of benzene rings is 4. The predicted octanol–water partition coefficient (Wildman–Crippen LogP) is 12.1. The Labute approximate surface area is 260 Å². The molecule has 0 amide bonds. The zero-order valence-electron chi connectivity index (χ0n) is 22.4. The van der Waals surface area contributed by atoms with E-state index in [-0.39, 0.29) is 11.1 Å². The second-order valence-corrected chi connectivity index (χ2v) is 13.0. The Morgan fingerprint density at radius 3 is 1.95 bits per heavy atom. The fraction of sp³-hybridized carbons (Fsp3) is 0.265. The molecule has 6 heteroatoms. The van der Waals surface area contributed by atoms with Gasteiger partial charge in [0.15, 0.2) is 0 Å². The van der Waals surface area contributed by atoms with E-state index in [1.807, 2.05) is 30.0 Å². The molecule has 0 saturated carbocycles. The lowest BCUT2D eigenvalue weighted by molar-refractivity contribution is 0.626. The van der Waals surface area contributed by atoms with Crippen LogP contribution >= 0.6 is 51.1 Å². The lowest BCUT2D eigenvalue weighted by atomic mass is 10.1. The van der Waals surface area contributed by atoms with Gasteiger partial charge in [-0.05, 0) is 72.5 Å². The van der Waals surface area contributed by atoms with Crippen LogP contribution in [-0.4, -0.2) is 5.33 Å². The molecule has 0 aliphatic carbocycles. The van der Waals surface area contributed by atoms with Crippen molar-refractivity contribution < 1.29 is 4.39 Å². The maximum absolute atomic E-state index is 12.9. The van der Waals surface area contributed by atoms with Crippen molar-refractivity contribution in [2.24, 2.45) is 0 Å². The summed E-state index contributed by atoms with van der Waals surface area (Å²) in [6, 6.07) is 37.6. The quantitative estimate of drug-likeness (QED) is 0.0814. The second kappa shape index (κ2) is 19.0. The van der Waals surface area contributed by atoms with Gasteiger partial charge in [-0.1, -0.05) is 107 Å². The van der Waals surface area contributed by atoms with Gasteiger partial charge >= 0.3 is 0 Å². The molecule has 0 fully saturated rings. The monoisotopic (exact) mass is 653 g/mol. The Morgan fingerprint density at radius 1 is 0.700 bits per heavy atom. The highest BCUT2D eigenvalue weighted by Gasteiger charge is 2.14. The van der Waals surface area contributed by atoms with E-state index in [4.69, 9.17) is 16.9 Å². The van der Waals surface area contributed by atoms with Gasteiger partial charge < -0.3 is 0 Å². The van der Waals surface area contributed by atoms with Crippen molar-refractivity contribution in [1.82, 2.24) is 0 Å². The van der Waals surface area contributed by atoms with E-state index < -0.39 is 0 Å². The molecule has 0 saturated heterocycles. The summed E-state index contributed by atoms with van der Waals surface area (Å²) in [7, 11) is 0. The van der Waals surface area contributed by atoms with Crippen LogP contribution in [0.15, 0.2) is 119 Å². The first-order valence-corrected chi connectivity index (χ1v) is 16.7. The van der Waals surface area contributed by atoms with Gasteiger partial charge in [-0.25, -0.2) is 4.39 Å². The van der Waals surface area contributed by atoms with Crippen molar-refractivity contribution in [3.8, 4) is 6.07 Å². The molecule has 4 rings (SSSR count). The van der Waals surface area contributed by atoms with Crippen LogP contribution in [0.25, 0.3) is 0 Å². The minimum absolute atomic E-state index is 0.00541. The number of unbranched alkanes of at least 4 members (excludes halogenated alkanes) is 3. The van der Waals surface area contributed by atoms with E-state index in [0.717, 1.165) is 15.8 Å². The van der Waals surface area contributed by atoms with Crippen LogP contribution in [0.4, 0.5) is 4.39 Å². The minimum Gasteiger partial charge on any atom is -0.207 e. The number of alkyl halides is 1. The molecule has 4 aromatic carbocycles. The molecule has 208 valence electrons. The Balaban J connectivity index is 0.000000222. The third kappa shape index (κ3) is 12.1. The lowest BCUT2D eigenvalue weighted by Gasteiger charge is -2.17. The van der Waals surface area contributed by atoms with Gasteiger partial charge in [0.2, 0.25) is 0 Å². The molecular weight excluding hydrogens is 621 g/mol. The maximum Gasteiger partial charge on any atom is 0.123 e. The standard InChI is InChI=1S/C19H23BrS.C15H11ClFNS/c20-16-10-2-1-9-15-19(17-11-5-3-6-12-17)21-18-13-7-4-8-14-18;16-12-3-1-2-11(10-12)15(8-9-18)19-14-6-4-13(17)5-7-14/h3-8,11-14,19H,1-2,9-10,15-16H2;1-7,10,15H,8H2. The summed E-state index contributed by atoms with van der Waals surface area (Å²) in [6.07, 6.45) is 6.91. The summed E-state index contributed by atoms with van der Waals surface area (Å²) in [6.45, 7) is 0. The highest BCUT2D eigenvalue weighted by atomic mass is 79.9. The summed E-state index contributed by atoms with van der Waals surface area (Å²) in [5, 5.41) is 11.3. The molecule has 4 aromatic rings. The Kier molecular flexibility index (Phi) is 15.3. The zero-order chi connectivity index (χ0) is 28.4. The number of rotatable bonds is 13. The number of hydrogen-bond donors (Lipinski definition) is 0. The molecule has 0 aliphatic rings. The van der Waals surface area contributed by atoms with Crippen LogP contribution in [0.5, 0.6) is 0 Å². The summed E-state index contributed by atoms with van der Waals surface area (Å²) in [5.41, 5.74) is 2.45. The molecule has 0 spiro atoms. The first kappa shape index (κ1) is 32.3. The topological polar surface area (TPSA) is 23.8 Å². The van der Waals surface area contributed by atoms with Crippen molar-refractivity contribution in [2.75, 3.05) is 5.33 Å². The first-order valence-electron chi connectivity index (χ1n) is 13.5. The molecule has 0 N–H and O–H groups in total. The van der Waals surface area contributed by atoms with Crippen LogP contribution in [0.3, 0.4) is 0 Å². The van der Waals surface area contributed by atoms with Crippen molar-refractivity contribution in [2.45, 2.75) is 58.8 Å². The number of hydrogen-bond acceptors (Lipinski definition) is 3. The number of nitrogens with zero attached hydrogens (tertiary/aromatic N) is 1. The Bertz CT molecular complexity index is 1280.